The van der Waals surface area contributed by atoms with Gasteiger partial charge in [0.1, 0.15) is 12.2 Å². The molecule has 3 saturated carbocycles. The zero-order chi connectivity index (χ0) is 18.0. The summed E-state index contributed by atoms with van der Waals surface area (Å²) in [6.07, 6.45) is 8.72. The minimum absolute atomic E-state index is 0.111. The van der Waals surface area contributed by atoms with E-state index in [0.717, 1.165) is 38.5 Å². The van der Waals surface area contributed by atoms with Gasteiger partial charge in [0.2, 0.25) is 0 Å². The number of aliphatic hydroxyl groups is 2. The van der Waals surface area contributed by atoms with E-state index in [9.17, 15) is 19.8 Å². The molecule has 0 saturated heterocycles. The molecule has 0 amide bonds. The summed E-state index contributed by atoms with van der Waals surface area (Å²) in [6.45, 7) is 3.84. The van der Waals surface area contributed by atoms with E-state index in [1.54, 1.807) is 0 Å². The van der Waals surface area contributed by atoms with E-state index >= 15 is 0 Å². The number of hydrogen-bond donors (Lipinski definition) is 2. The summed E-state index contributed by atoms with van der Waals surface area (Å²) in [6, 6.07) is 0. The first-order chi connectivity index (χ1) is 11.8. The molecule has 2 N–H and O–H groups in total. The molecule has 4 heteroatoms. The van der Waals surface area contributed by atoms with E-state index in [0.29, 0.717) is 30.6 Å². The van der Waals surface area contributed by atoms with Crippen molar-refractivity contribution in [3.8, 4) is 0 Å². The molecule has 3 fully saturated rings. The number of allylic oxidation sites excluding steroid dienone is 1. The molecule has 4 aliphatic rings. The summed E-state index contributed by atoms with van der Waals surface area (Å²) < 4.78 is 0. The quantitative estimate of drug-likeness (QED) is 0.806. The van der Waals surface area contributed by atoms with Crippen LogP contribution in [0.25, 0.3) is 0 Å². The molecule has 25 heavy (non-hydrogen) atoms. The van der Waals surface area contributed by atoms with Crippen molar-refractivity contribution in [2.75, 3.05) is 6.61 Å². The average Bonchev–Trinajstić information content (AvgIpc) is 2.87. The average molecular weight is 346 g/mol. The van der Waals surface area contributed by atoms with Crippen LogP contribution in [0.4, 0.5) is 0 Å². The fourth-order valence-corrected chi connectivity index (χ4v) is 7.16. The normalized spacial score (nSPS) is 49.0. The lowest BCUT2D eigenvalue weighted by atomic mass is 9.46. The minimum Gasteiger partial charge on any atom is -0.388 e. The fourth-order valence-electron chi connectivity index (χ4n) is 7.16. The molecule has 138 valence electrons. The van der Waals surface area contributed by atoms with Crippen molar-refractivity contribution in [1.29, 1.82) is 0 Å². The number of aliphatic hydroxyl groups excluding tert-OH is 1. The molecule has 6 atom stereocenters. The number of hydrogen-bond acceptors (Lipinski definition) is 4. The smallest absolute Gasteiger partial charge is 0.190 e. The first-order valence-electron chi connectivity index (χ1n) is 9.87. The van der Waals surface area contributed by atoms with Crippen LogP contribution < -0.4 is 0 Å². The number of fused-ring (bicyclic) bond motifs is 5. The van der Waals surface area contributed by atoms with E-state index in [1.807, 2.05) is 6.08 Å². The fraction of sp³-hybridized carbons (Fsp3) is 0.810. The van der Waals surface area contributed by atoms with Crippen LogP contribution in [0.2, 0.25) is 0 Å². The number of ketones is 2. The third kappa shape index (κ3) is 2.13. The summed E-state index contributed by atoms with van der Waals surface area (Å²) in [5.41, 5.74) is -0.333. The van der Waals surface area contributed by atoms with Crippen LogP contribution in [-0.4, -0.2) is 34.0 Å². The van der Waals surface area contributed by atoms with Crippen LogP contribution in [-0.2, 0) is 9.59 Å². The van der Waals surface area contributed by atoms with Crippen molar-refractivity contribution in [3.05, 3.63) is 11.6 Å². The van der Waals surface area contributed by atoms with Gasteiger partial charge < -0.3 is 10.2 Å². The van der Waals surface area contributed by atoms with Gasteiger partial charge in [-0.15, -0.1) is 0 Å². The molecule has 0 heterocycles. The van der Waals surface area contributed by atoms with Gasteiger partial charge in [-0.2, -0.15) is 0 Å². The Morgan fingerprint density at radius 2 is 1.84 bits per heavy atom. The maximum absolute atomic E-state index is 12.3. The molecule has 0 radical (unpaired) electrons. The molecule has 0 unspecified atom stereocenters. The Kier molecular flexibility index (Phi) is 3.83. The molecule has 4 aliphatic carbocycles. The molecule has 0 aliphatic heterocycles. The highest BCUT2D eigenvalue weighted by Crippen LogP contribution is 2.67. The summed E-state index contributed by atoms with van der Waals surface area (Å²) in [5, 5.41) is 20.5. The second kappa shape index (κ2) is 5.50. The van der Waals surface area contributed by atoms with Gasteiger partial charge in [0.15, 0.2) is 11.6 Å². The third-order valence-corrected chi connectivity index (χ3v) is 8.72. The van der Waals surface area contributed by atoms with Crippen LogP contribution in [0.1, 0.15) is 65.2 Å². The topological polar surface area (TPSA) is 74.6 Å². The largest absolute Gasteiger partial charge is 0.388 e. The Morgan fingerprint density at radius 3 is 2.56 bits per heavy atom. The van der Waals surface area contributed by atoms with Crippen molar-refractivity contribution in [3.63, 3.8) is 0 Å². The zero-order valence-electron chi connectivity index (χ0n) is 15.4. The second-order valence-electron chi connectivity index (χ2n) is 9.41. The van der Waals surface area contributed by atoms with E-state index in [4.69, 9.17) is 0 Å². The molecule has 4 rings (SSSR count). The monoisotopic (exact) mass is 346 g/mol. The third-order valence-electron chi connectivity index (χ3n) is 8.72. The molecule has 0 bridgehead atoms. The van der Waals surface area contributed by atoms with Crippen LogP contribution >= 0.6 is 0 Å². The van der Waals surface area contributed by atoms with Crippen LogP contribution in [0.15, 0.2) is 11.6 Å². The van der Waals surface area contributed by atoms with Gasteiger partial charge in [0.05, 0.1) is 0 Å². The molecular formula is C21H30O4. The molecule has 0 aromatic heterocycles. The Bertz CT molecular complexity index is 652. The Hall–Kier alpha value is -1.00. The number of Topliss-reactive ketones (excluding diaryl/α,β-unsaturated/α-hetero) is 1. The Morgan fingerprint density at radius 1 is 1.12 bits per heavy atom. The standard InChI is InChI=1S/C21H30O4/c1-19-8-5-14(23)11-13(19)3-4-15-16(19)6-9-20(2)17(15)7-10-21(20,25)18(24)12-22/h11,15-17,22,25H,3-10,12H2,1-2H3/t15-,16+,17-,19-,20-,21-/m0/s1. The summed E-state index contributed by atoms with van der Waals surface area (Å²) in [4.78, 5) is 24.2. The summed E-state index contributed by atoms with van der Waals surface area (Å²) in [7, 11) is 0. The highest BCUT2D eigenvalue weighted by Gasteiger charge is 2.65. The summed E-state index contributed by atoms with van der Waals surface area (Å²) >= 11 is 0. The molecule has 0 spiro atoms. The Labute approximate surface area is 149 Å². The van der Waals surface area contributed by atoms with Crippen molar-refractivity contribution >= 4 is 11.6 Å². The predicted molar refractivity (Wildman–Crippen MR) is 93.8 cm³/mol. The number of carbonyl (C=O) groups is 2. The highest BCUT2D eigenvalue weighted by atomic mass is 16.3. The van der Waals surface area contributed by atoms with E-state index in [2.05, 4.69) is 13.8 Å². The SMILES string of the molecule is C[C@]12CCC(=O)C=C1CC[C@H]1[C@H]2CC[C@@]2(C)[C@H]1CC[C@]2(O)C(=O)CO. The number of rotatable bonds is 2. The van der Waals surface area contributed by atoms with Gasteiger partial charge in [0.25, 0.3) is 0 Å². The van der Waals surface area contributed by atoms with Crippen LogP contribution in [0, 0.1) is 28.6 Å². The van der Waals surface area contributed by atoms with E-state index in [1.165, 1.54) is 5.57 Å². The van der Waals surface area contributed by atoms with Crippen molar-refractivity contribution < 1.29 is 19.8 Å². The van der Waals surface area contributed by atoms with Crippen LogP contribution in [0.5, 0.6) is 0 Å². The minimum atomic E-state index is -1.36. The lowest BCUT2D eigenvalue weighted by molar-refractivity contribution is -0.164. The lowest BCUT2D eigenvalue weighted by Gasteiger charge is -2.58. The van der Waals surface area contributed by atoms with Crippen molar-refractivity contribution in [2.45, 2.75) is 70.8 Å². The summed E-state index contributed by atoms with van der Waals surface area (Å²) in [5.74, 6) is 1.26. The Balaban J connectivity index is 1.68. The van der Waals surface area contributed by atoms with E-state index < -0.39 is 23.4 Å². The maximum Gasteiger partial charge on any atom is 0.190 e. The van der Waals surface area contributed by atoms with E-state index in [-0.39, 0.29) is 11.2 Å². The zero-order valence-corrected chi connectivity index (χ0v) is 15.4. The molecule has 0 aromatic rings. The van der Waals surface area contributed by atoms with Gasteiger partial charge in [-0.3, -0.25) is 9.59 Å². The first-order valence-corrected chi connectivity index (χ1v) is 9.87. The predicted octanol–water partition coefficient (Wildman–Crippen LogP) is 2.81. The highest BCUT2D eigenvalue weighted by molar-refractivity contribution is 5.91. The molecule has 0 aromatic carbocycles. The second-order valence-corrected chi connectivity index (χ2v) is 9.41. The van der Waals surface area contributed by atoms with Crippen molar-refractivity contribution in [1.82, 2.24) is 0 Å². The molecular weight excluding hydrogens is 316 g/mol. The van der Waals surface area contributed by atoms with Crippen LogP contribution in [0.3, 0.4) is 0 Å². The van der Waals surface area contributed by atoms with Gasteiger partial charge in [-0.25, -0.2) is 0 Å². The lowest BCUT2D eigenvalue weighted by Crippen LogP contribution is -2.58. The number of carbonyl (C=O) groups excluding carboxylic acids is 2. The van der Waals surface area contributed by atoms with Gasteiger partial charge in [0, 0.05) is 11.8 Å². The first kappa shape index (κ1) is 17.4. The van der Waals surface area contributed by atoms with Gasteiger partial charge in [-0.1, -0.05) is 19.4 Å². The molecule has 4 nitrogen and oxygen atoms in total. The van der Waals surface area contributed by atoms with Gasteiger partial charge >= 0.3 is 0 Å². The van der Waals surface area contributed by atoms with Gasteiger partial charge in [-0.05, 0) is 74.2 Å². The van der Waals surface area contributed by atoms with Crippen molar-refractivity contribution in [2.24, 2.45) is 28.6 Å². The maximum atomic E-state index is 12.3.